The van der Waals surface area contributed by atoms with Crippen LogP contribution in [0.2, 0.25) is 0 Å². The number of nitrogens with zero attached hydrogens (tertiary/aromatic N) is 3. The van der Waals surface area contributed by atoms with Crippen LogP contribution >= 0.6 is 0 Å². The van der Waals surface area contributed by atoms with E-state index in [4.69, 9.17) is 0 Å². The van der Waals surface area contributed by atoms with Gasteiger partial charge in [0.25, 0.3) is 11.8 Å². The molecule has 1 aliphatic carbocycles. The third-order valence-corrected chi connectivity index (χ3v) is 6.36. The summed E-state index contributed by atoms with van der Waals surface area (Å²) in [5.74, 6) is -0.204. The summed E-state index contributed by atoms with van der Waals surface area (Å²) in [5, 5.41) is 13.4. The number of hydrogen-bond acceptors (Lipinski definition) is 5. The quantitative estimate of drug-likeness (QED) is 0.815. The van der Waals surface area contributed by atoms with Gasteiger partial charge in [0, 0.05) is 38.8 Å². The molecule has 0 aromatic heterocycles. The molecule has 0 bridgehead atoms. The Kier molecular flexibility index (Phi) is 4.43. The van der Waals surface area contributed by atoms with Crippen LogP contribution in [-0.2, 0) is 4.79 Å². The van der Waals surface area contributed by atoms with Crippen molar-refractivity contribution >= 4 is 23.2 Å². The molecule has 2 fully saturated rings. The second-order valence-electron chi connectivity index (χ2n) is 8.46. The Morgan fingerprint density at radius 2 is 1.57 bits per heavy atom. The molecule has 0 spiro atoms. The van der Waals surface area contributed by atoms with Crippen LogP contribution in [0, 0.1) is 0 Å². The number of benzene rings is 2. The minimum absolute atomic E-state index is 0.0176. The van der Waals surface area contributed by atoms with Gasteiger partial charge in [-0.2, -0.15) is 0 Å². The minimum atomic E-state index is -1.13. The van der Waals surface area contributed by atoms with E-state index in [9.17, 15) is 14.7 Å². The molecule has 2 N–H and O–H groups in total. The summed E-state index contributed by atoms with van der Waals surface area (Å²) in [4.78, 5) is 30.8. The Hall–Kier alpha value is -3.06. The maximum Gasteiger partial charge on any atom is 0.254 e. The van der Waals surface area contributed by atoms with E-state index in [0.29, 0.717) is 44.6 Å². The normalized spacial score (nSPS) is 19.3. The lowest BCUT2D eigenvalue weighted by molar-refractivity contribution is -0.143. The van der Waals surface area contributed by atoms with Crippen molar-refractivity contribution in [3.63, 3.8) is 0 Å². The lowest BCUT2D eigenvalue weighted by Crippen LogP contribution is -2.53. The van der Waals surface area contributed by atoms with E-state index in [1.807, 2.05) is 24.3 Å². The number of rotatable bonds is 3. The summed E-state index contributed by atoms with van der Waals surface area (Å²) >= 11 is 0. The van der Waals surface area contributed by atoms with E-state index >= 15 is 0 Å². The first-order chi connectivity index (χ1) is 14.4. The smallest absolute Gasteiger partial charge is 0.254 e. The number of anilines is 2. The van der Waals surface area contributed by atoms with E-state index in [0.717, 1.165) is 23.5 Å². The SMILES string of the molecule is CN1CNc2cc(-c3ccc(C(=O)N4CCN(C(=O)C5(O)CC5)CC4)cc3)ccc21. The van der Waals surface area contributed by atoms with Crippen molar-refractivity contribution in [1.29, 1.82) is 0 Å². The van der Waals surface area contributed by atoms with Gasteiger partial charge in [0.15, 0.2) is 0 Å². The lowest BCUT2D eigenvalue weighted by atomic mass is 10.0. The highest BCUT2D eigenvalue weighted by Crippen LogP contribution is 2.37. The van der Waals surface area contributed by atoms with Crippen LogP contribution in [0.5, 0.6) is 0 Å². The highest BCUT2D eigenvalue weighted by molar-refractivity contribution is 5.95. The molecule has 1 saturated carbocycles. The topological polar surface area (TPSA) is 76.1 Å². The zero-order chi connectivity index (χ0) is 20.9. The van der Waals surface area contributed by atoms with E-state index in [1.165, 1.54) is 5.69 Å². The third-order valence-electron chi connectivity index (χ3n) is 6.36. The van der Waals surface area contributed by atoms with Crippen LogP contribution in [0.1, 0.15) is 23.2 Å². The summed E-state index contributed by atoms with van der Waals surface area (Å²) < 4.78 is 0. The maximum absolute atomic E-state index is 12.9. The van der Waals surface area contributed by atoms with Gasteiger partial charge in [0.05, 0.1) is 18.0 Å². The van der Waals surface area contributed by atoms with Crippen LogP contribution in [0.3, 0.4) is 0 Å². The van der Waals surface area contributed by atoms with E-state index < -0.39 is 5.60 Å². The molecule has 2 aliphatic heterocycles. The van der Waals surface area contributed by atoms with Crippen molar-refractivity contribution in [3.05, 3.63) is 48.0 Å². The fraction of sp³-hybridized carbons (Fsp3) is 0.391. The molecule has 156 valence electrons. The average molecular weight is 406 g/mol. The summed E-state index contributed by atoms with van der Waals surface area (Å²) in [6.45, 7) is 2.74. The van der Waals surface area contributed by atoms with Crippen molar-refractivity contribution in [2.45, 2.75) is 18.4 Å². The van der Waals surface area contributed by atoms with Gasteiger partial charge < -0.3 is 25.1 Å². The third kappa shape index (κ3) is 3.29. The molecule has 1 saturated heterocycles. The predicted molar refractivity (Wildman–Crippen MR) is 115 cm³/mol. The Bertz CT molecular complexity index is 992. The number of carbonyl (C=O) groups is 2. The number of amides is 2. The molecule has 0 unspecified atom stereocenters. The molecule has 2 amide bonds. The highest BCUT2D eigenvalue weighted by atomic mass is 16.3. The molecule has 2 aromatic carbocycles. The van der Waals surface area contributed by atoms with Gasteiger partial charge in [-0.15, -0.1) is 0 Å². The van der Waals surface area contributed by atoms with Crippen molar-refractivity contribution in [2.24, 2.45) is 0 Å². The number of aliphatic hydroxyl groups is 1. The van der Waals surface area contributed by atoms with Crippen LogP contribution < -0.4 is 10.2 Å². The lowest BCUT2D eigenvalue weighted by Gasteiger charge is -2.35. The van der Waals surface area contributed by atoms with Gasteiger partial charge in [0.1, 0.15) is 5.60 Å². The fourth-order valence-electron chi connectivity index (χ4n) is 4.21. The first-order valence-corrected chi connectivity index (χ1v) is 10.5. The van der Waals surface area contributed by atoms with Crippen molar-refractivity contribution in [1.82, 2.24) is 9.80 Å². The molecule has 2 heterocycles. The zero-order valence-corrected chi connectivity index (χ0v) is 17.1. The van der Waals surface area contributed by atoms with E-state index in [-0.39, 0.29) is 11.8 Å². The summed E-state index contributed by atoms with van der Waals surface area (Å²) in [7, 11) is 2.06. The minimum Gasteiger partial charge on any atom is -0.380 e. The van der Waals surface area contributed by atoms with Crippen molar-refractivity contribution < 1.29 is 14.7 Å². The number of carbonyl (C=O) groups excluding carboxylic acids is 2. The van der Waals surface area contributed by atoms with Crippen LogP contribution in [0.4, 0.5) is 11.4 Å². The molecule has 3 aliphatic rings. The average Bonchev–Trinajstić information content (AvgIpc) is 3.44. The van der Waals surface area contributed by atoms with Gasteiger partial charge >= 0.3 is 0 Å². The van der Waals surface area contributed by atoms with Crippen LogP contribution in [0.15, 0.2) is 42.5 Å². The maximum atomic E-state index is 12.9. The van der Waals surface area contributed by atoms with E-state index in [1.54, 1.807) is 9.80 Å². The number of piperazine rings is 1. The van der Waals surface area contributed by atoms with Gasteiger partial charge in [-0.05, 0) is 48.2 Å². The Labute approximate surface area is 175 Å². The van der Waals surface area contributed by atoms with Gasteiger partial charge in [-0.3, -0.25) is 9.59 Å². The highest BCUT2D eigenvalue weighted by Gasteiger charge is 2.50. The standard InChI is InChI=1S/C23H26N4O3/c1-25-15-24-19-14-18(6-7-20(19)25)16-2-4-17(5-3-16)21(28)26-10-12-27(13-11-26)22(29)23(30)8-9-23/h2-7,14,24,30H,8-13,15H2,1H3. The Morgan fingerprint density at radius 3 is 2.23 bits per heavy atom. The monoisotopic (exact) mass is 406 g/mol. The molecule has 2 aromatic rings. The Morgan fingerprint density at radius 1 is 0.933 bits per heavy atom. The first kappa shape index (κ1) is 18.9. The fourth-order valence-corrected chi connectivity index (χ4v) is 4.21. The van der Waals surface area contributed by atoms with E-state index in [2.05, 4.69) is 35.5 Å². The summed E-state index contributed by atoms with van der Waals surface area (Å²) in [6, 6.07) is 14.1. The molecule has 5 rings (SSSR count). The summed E-state index contributed by atoms with van der Waals surface area (Å²) in [5.41, 5.74) is 4.01. The zero-order valence-electron chi connectivity index (χ0n) is 17.1. The van der Waals surface area contributed by atoms with Crippen LogP contribution in [-0.4, -0.2) is 72.2 Å². The van der Waals surface area contributed by atoms with Crippen molar-refractivity contribution in [3.8, 4) is 11.1 Å². The second kappa shape index (κ2) is 7.02. The second-order valence-corrected chi connectivity index (χ2v) is 8.46. The summed E-state index contributed by atoms with van der Waals surface area (Å²) in [6.07, 6.45) is 1.10. The Balaban J connectivity index is 1.24. The number of nitrogens with one attached hydrogen (secondary N) is 1. The van der Waals surface area contributed by atoms with Gasteiger partial charge in [-0.1, -0.05) is 18.2 Å². The predicted octanol–water partition coefficient (Wildman–Crippen LogP) is 1.98. The molecule has 7 nitrogen and oxygen atoms in total. The number of hydrogen-bond donors (Lipinski definition) is 2. The van der Waals surface area contributed by atoms with Crippen LogP contribution in [0.25, 0.3) is 11.1 Å². The molecular weight excluding hydrogens is 380 g/mol. The first-order valence-electron chi connectivity index (χ1n) is 10.5. The van der Waals surface area contributed by atoms with Crippen molar-refractivity contribution in [2.75, 3.05) is 50.1 Å². The number of fused-ring (bicyclic) bond motifs is 1. The van der Waals surface area contributed by atoms with Gasteiger partial charge in [0.2, 0.25) is 0 Å². The largest absolute Gasteiger partial charge is 0.380 e. The molecule has 0 radical (unpaired) electrons. The molecular formula is C23H26N4O3. The van der Waals surface area contributed by atoms with Gasteiger partial charge in [-0.25, -0.2) is 0 Å². The molecule has 0 atom stereocenters. The molecule has 30 heavy (non-hydrogen) atoms. The molecule has 7 heteroatoms.